The summed E-state index contributed by atoms with van der Waals surface area (Å²) in [4.78, 5) is 16.7. The summed E-state index contributed by atoms with van der Waals surface area (Å²) in [5.41, 5.74) is 5.43. The van der Waals surface area contributed by atoms with E-state index in [0.717, 1.165) is 0 Å². The van der Waals surface area contributed by atoms with E-state index in [1.807, 2.05) is 0 Å². The highest BCUT2D eigenvalue weighted by atomic mass is 16.2. The van der Waals surface area contributed by atoms with Crippen LogP contribution in [0.4, 0.5) is 0 Å². The number of nitrogens with zero attached hydrogens (tertiary/aromatic N) is 3. The predicted octanol–water partition coefficient (Wildman–Crippen LogP) is -0.890. The molecule has 1 amide bonds. The summed E-state index contributed by atoms with van der Waals surface area (Å²) in [6.07, 6.45) is 1.40. The lowest BCUT2D eigenvalue weighted by Crippen LogP contribution is -2.39. The summed E-state index contributed by atoms with van der Waals surface area (Å²) in [7, 11) is 1.67. The minimum Gasteiger partial charge on any atom is -0.337 e. The first-order valence-corrected chi connectivity index (χ1v) is 3.96. The predicted molar refractivity (Wildman–Crippen MR) is 46.5 cm³/mol. The summed E-state index contributed by atoms with van der Waals surface area (Å²) in [5.74, 6) is 0.535. The molecule has 0 unspecified atom stereocenters. The Morgan fingerprint density at radius 3 is 3.00 bits per heavy atom. The SMILES string of the molecule is C[C@@H](N)C(=O)N(C)Cc1ncn[nH]1. The van der Waals surface area contributed by atoms with E-state index in [1.54, 1.807) is 14.0 Å². The van der Waals surface area contributed by atoms with Crippen LogP contribution in [0.1, 0.15) is 12.7 Å². The summed E-state index contributed by atoms with van der Waals surface area (Å²) < 4.78 is 0. The van der Waals surface area contributed by atoms with Gasteiger partial charge >= 0.3 is 0 Å². The molecule has 1 atom stereocenters. The number of likely N-dealkylation sites (N-methyl/N-ethyl adjacent to an activating group) is 1. The minimum atomic E-state index is -0.479. The Morgan fingerprint density at radius 2 is 2.54 bits per heavy atom. The molecule has 3 N–H and O–H groups in total. The van der Waals surface area contributed by atoms with E-state index in [9.17, 15) is 4.79 Å². The zero-order chi connectivity index (χ0) is 9.84. The molecule has 0 radical (unpaired) electrons. The quantitative estimate of drug-likeness (QED) is 0.636. The number of aromatic amines is 1. The summed E-state index contributed by atoms with van der Waals surface area (Å²) in [6.45, 7) is 2.06. The highest BCUT2D eigenvalue weighted by molar-refractivity contribution is 5.80. The van der Waals surface area contributed by atoms with E-state index < -0.39 is 6.04 Å². The van der Waals surface area contributed by atoms with Crippen LogP contribution in [0, 0.1) is 0 Å². The number of rotatable bonds is 3. The van der Waals surface area contributed by atoms with Crippen LogP contribution in [0.5, 0.6) is 0 Å². The maximum Gasteiger partial charge on any atom is 0.239 e. The molecule has 72 valence electrons. The Labute approximate surface area is 76.1 Å². The van der Waals surface area contributed by atoms with Gasteiger partial charge in [0.05, 0.1) is 12.6 Å². The number of aromatic nitrogens is 3. The molecule has 0 aliphatic carbocycles. The van der Waals surface area contributed by atoms with E-state index in [-0.39, 0.29) is 5.91 Å². The standard InChI is InChI=1S/C7H13N5O/c1-5(8)7(13)12(2)3-6-9-4-10-11-6/h4-5H,3,8H2,1-2H3,(H,9,10,11)/t5-/m1/s1. The van der Waals surface area contributed by atoms with Crippen LogP contribution in [0.25, 0.3) is 0 Å². The lowest BCUT2D eigenvalue weighted by molar-refractivity contribution is -0.131. The average Bonchev–Trinajstić information content (AvgIpc) is 2.55. The van der Waals surface area contributed by atoms with Gasteiger partial charge in [-0.2, -0.15) is 5.10 Å². The number of H-pyrrole nitrogens is 1. The third-order valence-corrected chi connectivity index (χ3v) is 1.62. The normalized spacial score (nSPS) is 12.5. The van der Waals surface area contributed by atoms with Crippen molar-refractivity contribution in [3.63, 3.8) is 0 Å². The lowest BCUT2D eigenvalue weighted by atomic mass is 10.3. The number of nitrogens with two attached hydrogens (primary N) is 1. The van der Waals surface area contributed by atoms with Crippen molar-refractivity contribution in [2.24, 2.45) is 5.73 Å². The second kappa shape index (κ2) is 3.99. The zero-order valence-electron chi connectivity index (χ0n) is 7.69. The Kier molecular flexibility index (Phi) is 2.97. The van der Waals surface area contributed by atoms with Crippen LogP contribution in [-0.2, 0) is 11.3 Å². The number of nitrogens with one attached hydrogen (secondary N) is 1. The van der Waals surface area contributed by atoms with Gasteiger partial charge in [0.1, 0.15) is 12.2 Å². The molecular weight excluding hydrogens is 170 g/mol. The fourth-order valence-electron chi connectivity index (χ4n) is 0.957. The first kappa shape index (κ1) is 9.66. The monoisotopic (exact) mass is 183 g/mol. The third-order valence-electron chi connectivity index (χ3n) is 1.62. The number of carbonyl (C=O) groups is 1. The van der Waals surface area contributed by atoms with Crippen molar-refractivity contribution < 1.29 is 4.79 Å². The molecule has 0 saturated carbocycles. The van der Waals surface area contributed by atoms with Crippen LogP contribution in [0.2, 0.25) is 0 Å². The molecule has 13 heavy (non-hydrogen) atoms. The smallest absolute Gasteiger partial charge is 0.239 e. The van der Waals surface area contributed by atoms with Crippen molar-refractivity contribution in [2.75, 3.05) is 7.05 Å². The van der Waals surface area contributed by atoms with Gasteiger partial charge in [0.15, 0.2) is 0 Å². The molecule has 0 saturated heterocycles. The number of carbonyl (C=O) groups excluding carboxylic acids is 1. The molecule has 6 heteroatoms. The van der Waals surface area contributed by atoms with Gasteiger partial charge in [-0.15, -0.1) is 0 Å². The lowest BCUT2D eigenvalue weighted by Gasteiger charge is -2.17. The van der Waals surface area contributed by atoms with Gasteiger partial charge in [-0.05, 0) is 6.92 Å². The molecule has 0 aliphatic rings. The summed E-state index contributed by atoms with van der Waals surface area (Å²) >= 11 is 0. The molecule has 1 rings (SSSR count). The molecule has 0 bridgehead atoms. The molecule has 0 aromatic carbocycles. The summed E-state index contributed by atoms with van der Waals surface area (Å²) in [5, 5.41) is 6.34. The van der Waals surface area contributed by atoms with Crippen molar-refractivity contribution in [2.45, 2.75) is 19.5 Å². The topological polar surface area (TPSA) is 87.9 Å². The molecule has 1 aromatic rings. The minimum absolute atomic E-state index is 0.114. The second-order valence-electron chi connectivity index (χ2n) is 2.92. The zero-order valence-corrected chi connectivity index (χ0v) is 7.69. The maximum absolute atomic E-state index is 11.3. The van der Waals surface area contributed by atoms with Crippen molar-refractivity contribution in [3.8, 4) is 0 Å². The van der Waals surface area contributed by atoms with Crippen LogP contribution in [-0.4, -0.2) is 39.1 Å². The maximum atomic E-state index is 11.3. The van der Waals surface area contributed by atoms with Crippen molar-refractivity contribution >= 4 is 5.91 Å². The number of amides is 1. The molecule has 0 spiro atoms. The largest absolute Gasteiger partial charge is 0.337 e. The third kappa shape index (κ3) is 2.51. The van der Waals surface area contributed by atoms with E-state index in [4.69, 9.17) is 5.73 Å². The Hall–Kier alpha value is -1.43. The van der Waals surface area contributed by atoms with Gasteiger partial charge in [-0.1, -0.05) is 0 Å². The van der Waals surface area contributed by atoms with E-state index in [0.29, 0.717) is 12.4 Å². The van der Waals surface area contributed by atoms with Crippen molar-refractivity contribution in [1.29, 1.82) is 0 Å². The Morgan fingerprint density at radius 1 is 1.85 bits per heavy atom. The van der Waals surface area contributed by atoms with Crippen LogP contribution in [0.3, 0.4) is 0 Å². The first-order chi connectivity index (χ1) is 6.11. The fourth-order valence-corrected chi connectivity index (χ4v) is 0.957. The van der Waals surface area contributed by atoms with Crippen LogP contribution >= 0.6 is 0 Å². The molecule has 0 fully saturated rings. The van der Waals surface area contributed by atoms with E-state index in [2.05, 4.69) is 15.2 Å². The highest BCUT2D eigenvalue weighted by Gasteiger charge is 2.14. The van der Waals surface area contributed by atoms with Crippen LogP contribution in [0.15, 0.2) is 6.33 Å². The number of hydrogen-bond donors (Lipinski definition) is 2. The van der Waals surface area contributed by atoms with Gasteiger partial charge in [-0.3, -0.25) is 9.89 Å². The van der Waals surface area contributed by atoms with E-state index in [1.165, 1.54) is 11.2 Å². The molecule has 0 aliphatic heterocycles. The summed E-state index contributed by atoms with van der Waals surface area (Å²) in [6, 6.07) is -0.479. The molecule has 1 aromatic heterocycles. The first-order valence-electron chi connectivity index (χ1n) is 3.96. The van der Waals surface area contributed by atoms with Gasteiger partial charge in [0.2, 0.25) is 5.91 Å². The molecule has 6 nitrogen and oxygen atoms in total. The molecular formula is C7H13N5O. The van der Waals surface area contributed by atoms with Crippen LogP contribution < -0.4 is 5.73 Å². The highest BCUT2D eigenvalue weighted by Crippen LogP contribution is 1.96. The average molecular weight is 183 g/mol. The number of hydrogen-bond acceptors (Lipinski definition) is 4. The van der Waals surface area contributed by atoms with E-state index >= 15 is 0 Å². The molecule has 1 heterocycles. The Balaban J connectivity index is 2.51. The Bertz CT molecular complexity index is 268. The van der Waals surface area contributed by atoms with Gasteiger partial charge in [0, 0.05) is 7.05 Å². The van der Waals surface area contributed by atoms with Crippen molar-refractivity contribution in [3.05, 3.63) is 12.2 Å². The van der Waals surface area contributed by atoms with Gasteiger partial charge in [0.25, 0.3) is 0 Å². The van der Waals surface area contributed by atoms with Gasteiger partial charge < -0.3 is 10.6 Å². The second-order valence-corrected chi connectivity index (χ2v) is 2.92. The fraction of sp³-hybridized carbons (Fsp3) is 0.571. The van der Waals surface area contributed by atoms with Gasteiger partial charge in [-0.25, -0.2) is 4.98 Å². The van der Waals surface area contributed by atoms with Crippen molar-refractivity contribution in [1.82, 2.24) is 20.1 Å².